The second-order valence-electron chi connectivity index (χ2n) is 3.76. The normalized spacial score (nSPS) is 12.4. The molecule has 0 unspecified atom stereocenters. The topological polar surface area (TPSA) is 40.5 Å². The van der Waals surface area contributed by atoms with Crippen molar-refractivity contribution < 1.29 is 10.2 Å². The van der Waals surface area contributed by atoms with Gasteiger partial charge in [-0.25, -0.2) is 0 Å². The van der Waals surface area contributed by atoms with Gasteiger partial charge in [0, 0.05) is 0 Å². The molecule has 0 heterocycles. The van der Waals surface area contributed by atoms with Crippen LogP contribution in [0.3, 0.4) is 0 Å². The second kappa shape index (κ2) is 9.40. The van der Waals surface area contributed by atoms with Gasteiger partial charge >= 0.3 is 0 Å². The molecule has 2 N–H and O–H groups in total. The lowest BCUT2D eigenvalue weighted by molar-refractivity contribution is -0.0466. The van der Waals surface area contributed by atoms with Crippen molar-refractivity contribution in [3.05, 3.63) is 0 Å². The lowest BCUT2D eigenvalue weighted by Crippen LogP contribution is -2.02. The molecule has 5 heteroatoms. The van der Waals surface area contributed by atoms with Gasteiger partial charge in [-0.3, -0.25) is 0 Å². The van der Waals surface area contributed by atoms with E-state index in [0.29, 0.717) is 6.42 Å². The van der Waals surface area contributed by atoms with Crippen LogP contribution in [0.2, 0.25) is 0 Å². The molecule has 0 aromatic heterocycles. The fraction of sp³-hybridized carbons (Fsp3) is 1.00. The Morgan fingerprint density at radius 3 is 1.73 bits per heavy atom. The van der Waals surface area contributed by atoms with Crippen LogP contribution in [0.15, 0.2) is 0 Å². The summed E-state index contributed by atoms with van der Waals surface area (Å²) in [7, 11) is 0. The Hall–Kier alpha value is 1.36. The van der Waals surface area contributed by atoms with Crippen LogP contribution < -0.4 is 0 Å². The molecule has 0 atom stereocenters. The van der Waals surface area contributed by atoms with Crippen molar-refractivity contribution in [3.63, 3.8) is 0 Å². The van der Waals surface area contributed by atoms with E-state index in [1.807, 2.05) is 0 Å². The van der Waals surface area contributed by atoms with Crippen molar-refractivity contribution in [2.24, 2.45) is 0 Å². The van der Waals surface area contributed by atoms with Gasteiger partial charge in [0.1, 0.15) is 2.14 Å². The quantitative estimate of drug-likeness (QED) is 0.356. The average molecular weight is 411 g/mol. The summed E-state index contributed by atoms with van der Waals surface area (Å²) in [4.78, 5) is 0. The third-order valence-corrected chi connectivity index (χ3v) is 3.36. The highest BCUT2D eigenvalue weighted by Gasteiger charge is 2.15. The number of aliphatic hydroxyl groups excluding tert-OH is 1. The molecule has 0 aromatic carbocycles. The van der Waals surface area contributed by atoms with E-state index in [1.165, 1.54) is 25.7 Å². The number of hydrogen-bond acceptors (Lipinski definition) is 2. The molecule has 15 heavy (non-hydrogen) atoms. The number of unbranched alkanes of at least 4 members (excludes halogenated alkanes) is 5. The van der Waals surface area contributed by atoms with E-state index >= 15 is 0 Å². The molecule has 92 valence electrons. The lowest BCUT2D eigenvalue weighted by atomic mass is 10.1. The Bertz CT molecular complexity index is 146. The van der Waals surface area contributed by atoms with Crippen molar-refractivity contribution in [1.82, 2.24) is 0 Å². The fourth-order valence-corrected chi connectivity index (χ4v) is 2.20. The molecule has 0 radical (unpaired) electrons. The summed E-state index contributed by atoms with van der Waals surface area (Å²) in [6, 6.07) is 0. The van der Waals surface area contributed by atoms with E-state index in [4.69, 9.17) is 10.2 Å². The van der Waals surface area contributed by atoms with Gasteiger partial charge in [0.25, 0.3) is 0 Å². The molecule has 0 rings (SSSR count). The molecule has 0 aliphatic rings. The summed E-state index contributed by atoms with van der Waals surface area (Å²) < 4.78 is -0.0893. The van der Waals surface area contributed by atoms with Crippen LogP contribution in [0.1, 0.15) is 51.4 Å². The molecular weight excluding hydrogens is 392 g/mol. The highest BCUT2D eigenvalue weighted by Crippen LogP contribution is 2.38. The zero-order valence-corrected chi connectivity index (χ0v) is 13.5. The summed E-state index contributed by atoms with van der Waals surface area (Å²) in [5, 5.41) is 17.2. The van der Waals surface area contributed by atoms with Crippen LogP contribution in [0.5, 0.6) is 0 Å². The number of alkyl halides is 3. The summed E-state index contributed by atoms with van der Waals surface area (Å²) in [5.74, 6) is 0. The smallest absolute Gasteiger partial charge is 0.151 e. The van der Waals surface area contributed by atoms with E-state index < -0.39 is 6.29 Å². The van der Waals surface area contributed by atoms with Crippen LogP contribution in [0.4, 0.5) is 0 Å². The Morgan fingerprint density at radius 2 is 1.27 bits per heavy atom. The molecule has 0 saturated carbocycles. The molecule has 0 fully saturated rings. The van der Waals surface area contributed by atoms with Crippen molar-refractivity contribution in [2.75, 3.05) is 0 Å². The number of hydrogen-bond donors (Lipinski definition) is 2. The SMILES string of the molecule is OC(O)CCCCCCCCC(Br)(Br)Br. The van der Waals surface area contributed by atoms with Gasteiger partial charge in [-0.1, -0.05) is 79.9 Å². The third kappa shape index (κ3) is 15.4. The monoisotopic (exact) mass is 408 g/mol. The molecule has 0 aliphatic heterocycles. The number of halogens is 3. The van der Waals surface area contributed by atoms with Gasteiger partial charge in [-0.2, -0.15) is 0 Å². The molecule has 0 aliphatic carbocycles. The largest absolute Gasteiger partial charge is 0.368 e. The molecule has 0 bridgehead atoms. The standard InChI is InChI=1S/C10H19Br3O2/c11-10(12,13)8-6-4-2-1-3-5-7-9(14)15/h9,14-15H,1-8H2. The third-order valence-electron chi connectivity index (χ3n) is 2.17. The average Bonchev–Trinajstić information content (AvgIpc) is 2.07. The van der Waals surface area contributed by atoms with Crippen molar-refractivity contribution >= 4 is 47.8 Å². The van der Waals surface area contributed by atoms with Crippen LogP contribution in [-0.2, 0) is 0 Å². The minimum absolute atomic E-state index is 0.0893. The van der Waals surface area contributed by atoms with Crippen LogP contribution in [-0.4, -0.2) is 18.6 Å². The summed E-state index contributed by atoms with van der Waals surface area (Å²) in [6.45, 7) is 0. The zero-order valence-electron chi connectivity index (χ0n) is 8.76. The molecule has 0 saturated heterocycles. The molecule has 0 spiro atoms. The van der Waals surface area contributed by atoms with Crippen molar-refractivity contribution in [3.8, 4) is 0 Å². The van der Waals surface area contributed by atoms with Crippen LogP contribution in [0.25, 0.3) is 0 Å². The minimum Gasteiger partial charge on any atom is -0.368 e. The minimum atomic E-state index is -1.12. The van der Waals surface area contributed by atoms with E-state index in [0.717, 1.165) is 19.3 Å². The van der Waals surface area contributed by atoms with Gasteiger partial charge in [0.2, 0.25) is 0 Å². The van der Waals surface area contributed by atoms with E-state index in [-0.39, 0.29) is 2.14 Å². The Balaban J connectivity index is 3.06. The van der Waals surface area contributed by atoms with Gasteiger partial charge in [-0.05, 0) is 19.3 Å². The first-order valence-corrected chi connectivity index (χ1v) is 7.72. The maximum absolute atomic E-state index is 8.62. The van der Waals surface area contributed by atoms with Crippen LogP contribution in [0, 0.1) is 0 Å². The molecular formula is C10H19Br3O2. The van der Waals surface area contributed by atoms with E-state index in [9.17, 15) is 0 Å². The predicted octanol–water partition coefficient (Wildman–Crippen LogP) is 4.26. The van der Waals surface area contributed by atoms with Crippen molar-refractivity contribution in [2.45, 2.75) is 59.8 Å². The summed E-state index contributed by atoms with van der Waals surface area (Å²) in [5.41, 5.74) is 0. The second-order valence-corrected chi connectivity index (χ2v) is 11.0. The predicted molar refractivity (Wildman–Crippen MR) is 74.7 cm³/mol. The Labute approximate surface area is 117 Å². The molecule has 0 amide bonds. The van der Waals surface area contributed by atoms with Gasteiger partial charge in [0.05, 0.1) is 0 Å². The fourth-order valence-electron chi connectivity index (χ4n) is 1.36. The maximum Gasteiger partial charge on any atom is 0.151 e. The highest BCUT2D eigenvalue weighted by molar-refractivity contribution is 9.39. The zero-order chi connectivity index (χ0) is 11.7. The van der Waals surface area contributed by atoms with Gasteiger partial charge < -0.3 is 10.2 Å². The molecule has 2 nitrogen and oxygen atoms in total. The first kappa shape index (κ1) is 16.4. The van der Waals surface area contributed by atoms with Gasteiger partial charge in [0.15, 0.2) is 6.29 Å². The highest BCUT2D eigenvalue weighted by atomic mass is 80.0. The number of aliphatic hydroxyl groups is 2. The Morgan fingerprint density at radius 1 is 0.800 bits per heavy atom. The maximum atomic E-state index is 8.62. The first-order chi connectivity index (χ1) is 6.92. The Kier molecular flexibility index (Phi) is 10.2. The first-order valence-electron chi connectivity index (χ1n) is 5.35. The summed E-state index contributed by atoms with van der Waals surface area (Å²) in [6.07, 6.45) is 7.28. The van der Waals surface area contributed by atoms with Crippen LogP contribution >= 0.6 is 47.8 Å². The molecule has 0 aromatic rings. The van der Waals surface area contributed by atoms with E-state index in [1.54, 1.807) is 0 Å². The van der Waals surface area contributed by atoms with E-state index in [2.05, 4.69) is 47.8 Å². The lowest BCUT2D eigenvalue weighted by Gasteiger charge is -2.10. The van der Waals surface area contributed by atoms with Crippen molar-refractivity contribution in [1.29, 1.82) is 0 Å². The summed E-state index contributed by atoms with van der Waals surface area (Å²) >= 11 is 10.4. The number of rotatable bonds is 8. The van der Waals surface area contributed by atoms with Gasteiger partial charge in [-0.15, -0.1) is 0 Å².